The number of ether oxygens (including phenoxy) is 2. The number of hydrogen-bond donors (Lipinski definition) is 1. The Kier molecular flexibility index (Phi) is 6.30. The molecule has 0 fully saturated rings. The number of esters is 1. The van der Waals surface area contributed by atoms with Crippen molar-refractivity contribution < 1.29 is 27.4 Å². The number of halogens is 3. The quantitative estimate of drug-likeness (QED) is 0.620. The fraction of sp³-hybridized carbons (Fsp3) is 0.462. The highest BCUT2D eigenvalue weighted by atomic mass is 19.4. The molecular formula is C13H16F3NO3. The van der Waals surface area contributed by atoms with Crippen LogP contribution in [0.25, 0.3) is 0 Å². The first kappa shape index (κ1) is 16.3. The lowest BCUT2D eigenvalue weighted by Gasteiger charge is -2.14. The van der Waals surface area contributed by atoms with Gasteiger partial charge in [-0.15, -0.1) is 0 Å². The zero-order chi connectivity index (χ0) is 15.0. The lowest BCUT2D eigenvalue weighted by Crippen LogP contribution is -2.18. The van der Waals surface area contributed by atoms with Crippen molar-refractivity contribution in [2.75, 3.05) is 31.7 Å². The maximum atomic E-state index is 12.7. The molecule has 4 nitrogen and oxygen atoms in total. The van der Waals surface area contributed by atoms with Crippen molar-refractivity contribution in [1.29, 1.82) is 0 Å². The Morgan fingerprint density at radius 1 is 1.30 bits per heavy atom. The minimum absolute atomic E-state index is 0.0141. The second kappa shape index (κ2) is 7.74. The van der Waals surface area contributed by atoms with E-state index in [1.165, 1.54) is 18.2 Å². The minimum atomic E-state index is -4.41. The average molecular weight is 291 g/mol. The number of rotatable bonds is 7. The molecule has 0 saturated heterocycles. The van der Waals surface area contributed by atoms with Gasteiger partial charge in [-0.3, -0.25) is 0 Å². The predicted molar refractivity (Wildman–Crippen MR) is 67.4 cm³/mol. The number of para-hydroxylation sites is 1. The van der Waals surface area contributed by atoms with E-state index in [2.05, 4.69) is 10.1 Å². The zero-order valence-electron chi connectivity index (χ0n) is 11.0. The standard InChI is InChI=1S/C13H16F3NO3/c1-2-20-12(18)9-19-8-7-17-11-6-4-3-5-10(11)13(14,15)16/h3-6,17H,2,7-9H2,1H3. The van der Waals surface area contributed by atoms with E-state index in [1.807, 2.05) is 0 Å². The molecule has 0 aliphatic rings. The molecule has 0 bridgehead atoms. The van der Waals surface area contributed by atoms with Crippen molar-refractivity contribution in [2.24, 2.45) is 0 Å². The van der Waals surface area contributed by atoms with Gasteiger partial charge in [0.05, 0.1) is 18.8 Å². The summed E-state index contributed by atoms with van der Waals surface area (Å²) in [6.45, 7) is 1.99. The van der Waals surface area contributed by atoms with Gasteiger partial charge in [-0.2, -0.15) is 13.2 Å². The minimum Gasteiger partial charge on any atom is -0.464 e. The number of alkyl halides is 3. The molecule has 0 saturated carbocycles. The third kappa shape index (κ3) is 5.48. The highest BCUT2D eigenvalue weighted by Gasteiger charge is 2.32. The van der Waals surface area contributed by atoms with E-state index in [4.69, 9.17) is 4.74 Å². The molecular weight excluding hydrogens is 275 g/mol. The van der Waals surface area contributed by atoms with Crippen molar-refractivity contribution in [1.82, 2.24) is 0 Å². The van der Waals surface area contributed by atoms with E-state index in [9.17, 15) is 18.0 Å². The van der Waals surface area contributed by atoms with Gasteiger partial charge in [0.25, 0.3) is 0 Å². The van der Waals surface area contributed by atoms with Crippen LogP contribution in [0.3, 0.4) is 0 Å². The van der Waals surface area contributed by atoms with Crippen LogP contribution in [0, 0.1) is 0 Å². The van der Waals surface area contributed by atoms with Crippen LogP contribution in [0.5, 0.6) is 0 Å². The van der Waals surface area contributed by atoms with Crippen LogP contribution in [-0.2, 0) is 20.4 Å². The second-order valence-corrected chi connectivity index (χ2v) is 3.83. The van der Waals surface area contributed by atoms with Crippen LogP contribution in [-0.4, -0.2) is 32.3 Å². The Balaban J connectivity index is 2.38. The molecule has 0 unspecified atom stereocenters. The number of benzene rings is 1. The second-order valence-electron chi connectivity index (χ2n) is 3.83. The van der Waals surface area contributed by atoms with Gasteiger partial charge in [0.2, 0.25) is 0 Å². The van der Waals surface area contributed by atoms with Crippen LogP contribution in [0.4, 0.5) is 18.9 Å². The number of anilines is 1. The molecule has 1 aromatic carbocycles. The molecule has 0 amide bonds. The van der Waals surface area contributed by atoms with E-state index >= 15 is 0 Å². The summed E-state index contributed by atoms with van der Waals surface area (Å²) in [4.78, 5) is 10.9. The third-order valence-electron chi connectivity index (χ3n) is 2.32. The highest BCUT2D eigenvalue weighted by molar-refractivity contribution is 5.70. The van der Waals surface area contributed by atoms with E-state index < -0.39 is 17.7 Å². The van der Waals surface area contributed by atoms with Crippen LogP contribution < -0.4 is 5.32 Å². The van der Waals surface area contributed by atoms with Gasteiger partial charge >= 0.3 is 12.1 Å². The Bertz CT molecular complexity index is 435. The maximum Gasteiger partial charge on any atom is 0.418 e. The molecule has 1 N–H and O–H groups in total. The number of carbonyl (C=O) groups is 1. The van der Waals surface area contributed by atoms with Crippen LogP contribution in [0.15, 0.2) is 24.3 Å². The third-order valence-corrected chi connectivity index (χ3v) is 2.32. The Hall–Kier alpha value is -1.76. The van der Waals surface area contributed by atoms with Gasteiger partial charge < -0.3 is 14.8 Å². The smallest absolute Gasteiger partial charge is 0.418 e. The summed E-state index contributed by atoms with van der Waals surface area (Å²) in [5.74, 6) is -0.497. The maximum absolute atomic E-state index is 12.7. The van der Waals surface area contributed by atoms with Crippen LogP contribution >= 0.6 is 0 Å². The van der Waals surface area contributed by atoms with E-state index in [0.29, 0.717) is 0 Å². The van der Waals surface area contributed by atoms with Crippen molar-refractivity contribution >= 4 is 11.7 Å². The molecule has 0 aromatic heterocycles. The molecule has 112 valence electrons. The summed E-state index contributed by atoms with van der Waals surface area (Å²) in [5.41, 5.74) is -0.745. The largest absolute Gasteiger partial charge is 0.464 e. The monoisotopic (exact) mass is 291 g/mol. The Labute approximate surface area is 114 Å². The first-order chi connectivity index (χ1) is 9.45. The SMILES string of the molecule is CCOC(=O)COCCNc1ccccc1C(F)(F)F. The normalized spacial score (nSPS) is 11.2. The molecule has 0 heterocycles. The number of hydrogen-bond acceptors (Lipinski definition) is 4. The van der Waals surface area contributed by atoms with Crippen molar-refractivity contribution in [3.05, 3.63) is 29.8 Å². The van der Waals surface area contributed by atoms with Crippen LogP contribution in [0.1, 0.15) is 12.5 Å². The molecule has 0 atom stereocenters. The topological polar surface area (TPSA) is 47.6 Å². The molecule has 1 rings (SSSR count). The molecule has 0 radical (unpaired) electrons. The average Bonchev–Trinajstić information content (AvgIpc) is 2.38. The predicted octanol–water partition coefficient (Wildman–Crippen LogP) is 2.70. The molecule has 0 aliphatic heterocycles. The summed E-state index contributed by atoms with van der Waals surface area (Å²) in [6, 6.07) is 5.18. The van der Waals surface area contributed by atoms with Gasteiger partial charge in [-0.05, 0) is 19.1 Å². The van der Waals surface area contributed by atoms with Crippen molar-refractivity contribution in [2.45, 2.75) is 13.1 Å². The van der Waals surface area contributed by atoms with Gasteiger partial charge in [0.15, 0.2) is 0 Å². The van der Waals surface area contributed by atoms with Gasteiger partial charge in [0.1, 0.15) is 6.61 Å². The molecule has 0 spiro atoms. The van der Waals surface area contributed by atoms with Gasteiger partial charge in [0, 0.05) is 12.2 Å². The molecule has 7 heteroatoms. The van der Waals surface area contributed by atoms with E-state index in [1.54, 1.807) is 6.92 Å². The summed E-state index contributed by atoms with van der Waals surface area (Å²) in [7, 11) is 0. The Morgan fingerprint density at radius 2 is 2.00 bits per heavy atom. The molecule has 0 aliphatic carbocycles. The fourth-order valence-corrected chi connectivity index (χ4v) is 1.50. The molecule has 1 aromatic rings. The van der Waals surface area contributed by atoms with Gasteiger partial charge in [-0.25, -0.2) is 4.79 Å². The first-order valence-electron chi connectivity index (χ1n) is 6.08. The summed E-state index contributed by atoms with van der Waals surface area (Å²) < 4.78 is 47.7. The van der Waals surface area contributed by atoms with Crippen molar-refractivity contribution in [3.8, 4) is 0 Å². The summed E-state index contributed by atoms with van der Waals surface area (Å²) in [6.07, 6.45) is -4.41. The van der Waals surface area contributed by atoms with Crippen LogP contribution in [0.2, 0.25) is 0 Å². The zero-order valence-corrected chi connectivity index (χ0v) is 11.0. The van der Waals surface area contributed by atoms with Crippen molar-refractivity contribution in [3.63, 3.8) is 0 Å². The van der Waals surface area contributed by atoms with Gasteiger partial charge in [-0.1, -0.05) is 12.1 Å². The van der Waals surface area contributed by atoms with E-state index in [0.717, 1.165) is 6.07 Å². The lowest BCUT2D eigenvalue weighted by atomic mass is 10.1. The summed E-state index contributed by atoms with van der Waals surface area (Å²) >= 11 is 0. The highest BCUT2D eigenvalue weighted by Crippen LogP contribution is 2.34. The molecule has 20 heavy (non-hydrogen) atoms. The first-order valence-corrected chi connectivity index (χ1v) is 6.08. The fourth-order valence-electron chi connectivity index (χ4n) is 1.50. The Morgan fingerprint density at radius 3 is 2.65 bits per heavy atom. The summed E-state index contributed by atoms with van der Waals surface area (Å²) in [5, 5.41) is 2.63. The number of carbonyl (C=O) groups excluding carboxylic acids is 1. The number of nitrogens with one attached hydrogen (secondary N) is 1. The van der Waals surface area contributed by atoms with E-state index in [-0.39, 0.29) is 32.1 Å². The lowest BCUT2D eigenvalue weighted by molar-refractivity contribution is -0.148.